The fourth-order valence-corrected chi connectivity index (χ4v) is 5.30. The summed E-state index contributed by atoms with van der Waals surface area (Å²) >= 11 is 0. The van der Waals surface area contributed by atoms with Crippen LogP contribution in [-0.4, -0.2) is 65.2 Å². The molecule has 7 heteroatoms. The molecule has 2 aliphatic carbocycles. The highest BCUT2D eigenvalue weighted by Gasteiger charge is 2.83. The molecule has 0 radical (unpaired) electrons. The summed E-state index contributed by atoms with van der Waals surface area (Å²) < 4.78 is 17.4. The Bertz CT molecular complexity index is 651. The minimum Gasteiger partial charge on any atom is -0.460 e. The third-order valence-corrected chi connectivity index (χ3v) is 6.73. The number of ketones is 1. The number of esters is 1. The maximum Gasteiger partial charge on any atom is 0.302 e. The van der Waals surface area contributed by atoms with Crippen LogP contribution in [0.1, 0.15) is 27.2 Å². The van der Waals surface area contributed by atoms with Gasteiger partial charge >= 0.3 is 5.97 Å². The number of carbonyl (C=O) groups is 2. The Labute approximate surface area is 139 Å². The Morgan fingerprint density at radius 2 is 2.17 bits per heavy atom. The number of epoxide rings is 1. The first-order valence-corrected chi connectivity index (χ1v) is 8.22. The van der Waals surface area contributed by atoms with Crippen molar-refractivity contribution in [2.45, 2.75) is 57.2 Å². The van der Waals surface area contributed by atoms with Crippen molar-refractivity contribution in [3.63, 3.8) is 0 Å². The first-order chi connectivity index (χ1) is 11.2. The van der Waals surface area contributed by atoms with Crippen molar-refractivity contribution >= 4 is 11.8 Å². The van der Waals surface area contributed by atoms with E-state index < -0.39 is 59.2 Å². The van der Waals surface area contributed by atoms with Crippen molar-refractivity contribution in [1.29, 1.82) is 0 Å². The number of rotatable bonds is 2. The number of hydrogen-bond donors (Lipinski definition) is 2. The highest BCUT2D eigenvalue weighted by molar-refractivity contribution is 6.00. The summed E-state index contributed by atoms with van der Waals surface area (Å²) in [6.07, 6.45) is -0.991. The minimum atomic E-state index is -1.39. The van der Waals surface area contributed by atoms with Gasteiger partial charge in [0.15, 0.2) is 5.78 Å². The summed E-state index contributed by atoms with van der Waals surface area (Å²) in [5.74, 6) is -0.824. The molecule has 0 amide bonds. The van der Waals surface area contributed by atoms with Crippen LogP contribution in [0.25, 0.3) is 0 Å². The normalized spacial score (nSPS) is 52.0. The molecule has 2 N–H and O–H groups in total. The Kier molecular flexibility index (Phi) is 3.15. The van der Waals surface area contributed by atoms with E-state index in [-0.39, 0.29) is 0 Å². The Morgan fingerprint density at radius 1 is 1.50 bits per heavy atom. The van der Waals surface area contributed by atoms with Gasteiger partial charge in [0.05, 0.1) is 24.7 Å². The summed E-state index contributed by atoms with van der Waals surface area (Å²) in [7, 11) is 0. The van der Waals surface area contributed by atoms with Crippen molar-refractivity contribution in [1.82, 2.24) is 0 Å². The fraction of sp³-hybridized carbons (Fsp3) is 0.765. The Morgan fingerprint density at radius 3 is 2.71 bits per heavy atom. The van der Waals surface area contributed by atoms with Crippen LogP contribution in [0, 0.1) is 10.8 Å². The molecule has 4 rings (SSSR count). The molecular weight excluding hydrogens is 318 g/mol. The standard InChI is InChI=1S/C17H22O7/c1-8-4-11-16(6-18,13(21)12(8)20)15(3)5-10(23-9(2)19)14(24-11)17(15)7-22-17/h4,10-11,13-14,18,21H,5-7H2,1-3H3/t10-,11-,13-,14-,15-,16-,17+/m1/s1/i2+1,9+1. The highest BCUT2D eigenvalue weighted by Crippen LogP contribution is 2.71. The number of ether oxygens (including phenoxy) is 3. The van der Waals surface area contributed by atoms with Crippen molar-refractivity contribution in [3.8, 4) is 0 Å². The van der Waals surface area contributed by atoms with Crippen LogP contribution in [0.5, 0.6) is 0 Å². The predicted molar refractivity (Wildman–Crippen MR) is 79.9 cm³/mol. The second-order valence-electron chi connectivity index (χ2n) is 7.65. The van der Waals surface area contributed by atoms with Crippen LogP contribution in [-0.2, 0) is 23.8 Å². The van der Waals surface area contributed by atoms with Crippen molar-refractivity contribution in [3.05, 3.63) is 11.6 Å². The number of aliphatic hydroxyl groups excluding tert-OH is 2. The zero-order chi connectivity index (χ0) is 17.5. The second-order valence-corrected chi connectivity index (χ2v) is 7.65. The smallest absolute Gasteiger partial charge is 0.302 e. The summed E-state index contributed by atoms with van der Waals surface area (Å²) in [4.78, 5) is 23.9. The zero-order valence-corrected chi connectivity index (χ0v) is 13.9. The van der Waals surface area contributed by atoms with Gasteiger partial charge in [0.2, 0.25) is 0 Å². The lowest BCUT2D eigenvalue weighted by molar-refractivity contribution is -0.244. The molecule has 24 heavy (non-hydrogen) atoms. The molecule has 2 saturated heterocycles. The summed E-state index contributed by atoms with van der Waals surface area (Å²) in [6.45, 7) is 4.83. The molecule has 4 aliphatic rings. The fourth-order valence-electron chi connectivity index (χ4n) is 5.30. The number of aliphatic hydroxyl groups is 2. The number of Topliss-reactive ketones (excluding diaryl/α,β-unsaturated/α-hetero) is 1. The van der Waals surface area contributed by atoms with E-state index >= 15 is 0 Å². The zero-order valence-electron chi connectivity index (χ0n) is 13.9. The molecule has 132 valence electrons. The second kappa shape index (κ2) is 4.66. The van der Waals surface area contributed by atoms with E-state index in [4.69, 9.17) is 14.2 Å². The largest absolute Gasteiger partial charge is 0.460 e. The lowest BCUT2D eigenvalue weighted by atomic mass is 9.50. The van der Waals surface area contributed by atoms with Crippen LogP contribution < -0.4 is 0 Å². The third-order valence-electron chi connectivity index (χ3n) is 6.73. The van der Waals surface area contributed by atoms with E-state index in [1.807, 2.05) is 6.92 Å². The molecule has 7 nitrogen and oxygen atoms in total. The van der Waals surface area contributed by atoms with Gasteiger partial charge in [-0.3, -0.25) is 9.59 Å². The van der Waals surface area contributed by atoms with Crippen LogP contribution in [0.15, 0.2) is 11.6 Å². The Balaban J connectivity index is 1.87. The van der Waals surface area contributed by atoms with Gasteiger partial charge in [0.1, 0.15) is 23.9 Å². The molecular formula is C17H22O7. The average molecular weight is 340 g/mol. The monoisotopic (exact) mass is 340 g/mol. The summed E-state index contributed by atoms with van der Waals surface area (Å²) in [5, 5.41) is 21.1. The van der Waals surface area contributed by atoms with Gasteiger partial charge in [0.25, 0.3) is 0 Å². The first-order valence-electron chi connectivity index (χ1n) is 8.22. The topological polar surface area (TPSA) is 106 Å². The van der Waals surface area contributed by atoms with E-state index in [1.54, 1.807) is 13.0 Å². The summed E-state index contributed by atoms with van der Waals surface area (Å²) in [5.41, 5.74) is -2.30. The predicted octanol–water partition coefficient (Wildman–Crippen LogP) is -0.267. The van der Waals surface area contributed by atoms with E-state index in [1.165, 1.54) is 6.92 Å². The summed E-state index contributed by atoms with van der Waals surface area (Å²) in [6, 6.07) is 0. The molecule has 0 unspecified atom stereocenters. The molecule has 3 fully saturated rings. The van der Waals surface area contributed by atoms with Crippen molar-refractivity contribution in [2.75, 3.05) is 13.2 Å². The molecule has 2 bridgehead atoms. The lowest BCUT2D eigenvalue weighted by Crippen LogP contribution is -2.70. The molecule has 0 aromatic rings. The average Bonchev–Trinajstić information content (AvgIpc) is 3.27. The molecule has 0 aromatic carbocycles. The molecule has 7 atom stereocenters. The molecule has 2 aliphatic heterocycles. The van der Waals surface area contributed by atoms with Gasteiger partial charge in [0, 0.05) is 12.3 Å². The van der Waals surface area contributed by atoms with Crippen LogP contribution >= 0.6 is 0 Å². The van der Waals surface area contributed by atoms with Crippen LogP contribution in [0.4, 0.5) is 0 Å². The van der Waals surface area contributed by atoms with Gasteiger partial charge in [-0.2, -0.15) is 0 Å². The van der Waals surface area contributed by atoms with Gasteiger partial charge in [-0.1, -0.05) is 6.92 Å². The number of carbonyl (C=O) groups excluding carboxylic acids is 2. The van der Waals surface area contributed by atoms with Gasteiger partial charge in [-0.25, -0.2) is 0 Å². The lowest BCUT2D eigenvalue weighted by Gasteiger charge is -2.58. The van der Waals surface area contributed by atoms with Crippen molar-refractivity contribution < 1.29 is 34.0 Å². The number of hydrogen-bond acceptors (Lipinski definition) is 7. The van der Waals surface area contributed by atoms with E-state index in [0.717, 1.165) is 0 Å². The van der Waals surface area contributed by atoms with Crippen molar-refractivity contribution in [2.24, 2.45) is 10.8 Å². The van der Waals surface area contributed by atoms with Crippen LogP contribution in [0.3, 0.4) is 0 Å². The van der Waals surface area contributed by atoms with E-state index in [9.17, 15) is 19.8 Å². The molecule has 1 saturated carbocycles. The molecule has 0 aromatic heterocycles. The Hall–Kier alpha value is -1.28. The maximum absolute atomic E-state index is 12.4. The quantitative estimate of drug-likeness (QED) is 0.405. The minimum absolute atomic E-state index is 0.367. The van der Waals surface area contributed by atoms with Gasteiger partial charge in [-0.15, -0.1) is 0 Å². The number of fused-ring (bicyclic) bond motifs is 2. The van der Waals surface area contributed by atoms with E-state index in [0.29, 0.717) is 18.6 Å². The SMILES string of the molecule is CC1=C[C@H]2O[C@@H]3[C@H](O[13C]([13CH3])=O)C[C@](C)([C@@]2(CO)[C@H](O)C1=O)[C@]31CO1. The van der Waals surface area contributed by atoms with Gasteiger partial charge in [-0.05, 0) is 25.0 Å². The van der Waals surface area contributed by atoms with Gasteiger partial charge < -0.3 is 24.4 Å². The molecule has 2 heterocycles. The third kappa shape index (κ3) is 1.57. The molecule has 1 spiro atoms. The first kappa shape index (κ1) is 16.2. The highest BCUT2D eigenvalue weighted by atomic mass is 16.7. The van der Waals surface area contributed by atoms with E-state index in [2.05, 4.69) is 0 Å². The van der Waals surface area contributed by atoms with Crippen LogP contribution in [0.2, 0.25) is 0 Å². The maximum atomic E-state index is 12.4.